The van der Waals surface area contributed by atoms with E-state index in [2.05, 4.69) is 15.5 Å². The zero-order valence-electron chi connectivity index (χ0n) is 10.8. The number of benzene rings is 2. The molecule has 5 nitrogen and oxygen atoms in total. The Bertz CT molecular complexity index is 618. The Kier molecular flexibility index (Phi) is 4.68. The van der Waals surface area contributed by atoms with E-state index in [-0.39, 0.29) is 11.7 Å². The highest BCUT2D eigenvalue weighted by Gasteiger charge is 2.10. The molecule has 0 heterocycles. The number of nitrogens with two attached hydrogens (primary N) is 1. The predicted octanol–water partition coefficient (Wildman–Crippen LogP) is 2.83. The van der Waals surface area contributed by atoms with Crippen LogP contribution in [0.25, 0.3) is 0 Å². The Balaban J connectivity index is 2.09. The third kappa shape index (κ3) is 3.90. The van der Waals surface area contributed by atoms with Crippen LogP contribution in [0.2, 0.25) is 0 Å². The van der Waals surface area contributed by atoms with Crippen LogP contribution < -0.4 is 21.3 Å². The van der Waals surface area contributed by atoms with Crippen LogP contribution in [0.3, 0.4) is 0 Å². The topological polar surface area (TPSA) is 76.4 Å². The molecule has 7 heteroatoms. The van der Waals surface area contributed by atoms with Crippen molar-refractivity contribution in [3.05, 3.63) is 54.1 Å². The van der Waals surface area contributed by atoms with Gasteiger partial charge in [0.15, 0.2) is 0 Å². The van der Waals surface area contributed by atoms with Crippen LogP contribution in [0.1, 0.15) is 10.4 Å². The van der Waals surface area contributed by atoms with Crippen LogP contribution in [0.5, 0.6) is 5.75 Å². The maximum absolute atomic E-state index is 12.1. The van der Waals surface area contributed by atoms with E-state index in [4.69, 9.17) is 5.84 Å². The van der Waals surface area contributed by atoms with Crippen LogP contribution in [0.4, 0.5) is 20.2 Å². The molecular formula is C14H13F2N3O2. The molecule has 0 saturated carbocycles. The number of anilines is 2. The van der Waals surface area contributed by atoms with Gasteiger partial charge >= 0.3 is 6.61 Å². The Morgan fingerprint density at radius 2 is 1.76 bits per heavy atom. The minimum atomic E-state index is -2.88. The molecule has 110 valence electrons. The van der Waals surface area contributed by atoms with Gasteiger partial charge in [-0.15, -0.1) is 0 Å². The molecule has 2 aromatic carbocycles. The molecule has 0 aliphatic carbocycles. The van der Waals surface area contributed by atoms with Crippen LogP contribution in [-0.2, 0) is 0 Å². The fraction of sp³-hybridized carbons (Fsp3) is 0.0714. The highest BCUT2D eigenvalue weighted by Crippen LogP contribution is 2.20. The van der Waals surface area contributed by atoms with Crippen molar-refractivity contribution in [2.45, 2.75) is 6.61 Å². The fourth-order valence-corrected chi connectivity index (χ4v) is 1.73. The first-order valence-electron chi connectivity index (χ1n) is 6.02. The molecule has 0 spiro atoms. The normalized spacial score (nSPS) is 10.3. The molecule has 0 saturated heterocycles. The van der Waals surface area contributed by atoms with Crippen LogP contribution in [-0.4, -0.2) is 12.5 Å². The number of alkyl halides is 2. The first-order chi connectivity index (χ1) is 10.1. The number of nitrogens with one attached hydrogen (secondary N) is 2. The lowest BCUT2D eigenvalue weighted by Gasteiger charge is -2.10. The summed E-state index contributed by atoms with van der Waals surface area (Å²) < 4.78 is 28.3. The SMILES string of the molecule is NNc1ccccc1C(=O)Nc1ccc(OC(F)F)cc1. The summed E-state index contributed by atoms with van der Waals surface area (Å²) in [4.78, 5) is 12.1. The number of hydrazine groups is 1. The molecule has 2 aromatic rings. The van der Waals surface area contributed by atoms with Gasteiger partial charge in [-0.1, -0.05) is 12.1 Å². The molecule has 0 atom stereocenters. The summed E-state index contributed by atoms with van der Waals surface area (Å²) in [5.41, 5.74) is 3.73. The summed E-state index contributed by atoms with van der Waals surface area (Å²) in [6, 6.07) is 12.3. The minimum absolute atomic E-state index is 0.0204. The van der Waals surface area contributed by atoms with Crippen LogP contribution >= 0.6 is 0 Å². The number of halogens is 2. The van der Waals surface area contributed by atoms with Gasteiger partial charge in [0.05, 0.1) is 11.3 Å². The molecular weight excluding hydrogens is 280 g/mol. The van der Waals surface area contributed by atoms with Gasteiger partial charge in [-0.2, -0.15) is 8.78 Å². The van der Waals surface area contributed by atoms with Crippen molar-refractivity contribution in [2.24, 2.45) is 5.84 Å². The quantitative estimate of drug-likeness (QED) is 0.585. The predicted molar refractivity (Wildman–Crippen MR) is 75.3 cm³/mol. The van der Waals surface area contributed by atoms with E-state index in [0.29, 0.717) is 16.9 Å². The van der Waals surface area contributed by atoms with Crippen molar-refractivity contribution >= 4 is 17.3 Å². The maximum atomic E-state index is 12.1. The number of hydrogen-bond donors (Lipinski definition) is 3. The lowest BCUT2D eigenvalue weighted by molar-refractivity contribution is -0.0498. The van der Waals surface area contributed by atoms with Gasteiger partial charge in [-0.3, -0.25) is 10.6 Å². The van der Waals surface area contributed by atoms with E-state index < -0.39 is 6.61 Å². The van der Waals surface area contributed by atoms with Crippen molar-refractivity contribution in [3.63, 3.8) is 0 Å². The molecule has 0 fully saturated rings. The van der Waals surface area contributed by atoms with Crippen molar-refractivity contribution < 1.29 is 18.3 Å². The highest BCUT2D eigenvalue weighted by molar-refractivity contribution is 6.07. The van der Waals surface area contributed by atoms with E-state index in [0.717, 1.165) is 0 Å². The van der Waals surface area contributed by atoms with Crippen molar-refractivity contribution in [2.75, 3.05) is 10.7 Å². The molecule has 0 unspecified atom stereocenters. The average molecular weight is 293 g/mol. The Hall–Kier alpha value is -2.67. The monoisotopic (exact) mass is 293 g/mol. The Labute approximate surface area is 119 Å². The summed E-state index contributed by atoms with van der Waals surface area (Å²) in [5, 5.41) is 2.64. The standard InChI is InChI=1S/C14H13F2N3O2/c15-14(16)21-10-7-5-9(6-8-10)18-13(20)11-3-1-2-4-12(11)19-17/h1-8,14,19H,17H2,(H,18,20). The molecule has 2 rings (SSSR count). The smallest absolute Gasteiger partial charge is 0.387 e. The van der Waals surface area contributed by atoms with Gasteiger partial charge in [-0.25, -0.2) is 0 Å². The van der Waals surface area contributed by atoms with E-state index in [1.54, 1.807) is 24.3 Å². The van der Waals surface area contributed by atoms with Gasteiger partial charge in [0.2, 0.25) is 0 Å². The molecule has 0 radical (unpaired) electrons. The molecule has 4 N–H and O–H groups in total. The number of rotatable bonds is 5. The molecule has 0 aliphatic rings. The first-order valence-corrected chi connectivity index (χ1v) is 6.02. The number of hydrogen-bond acceptors (Lipinski definition) is 4. The highest BCUT2D eigenvalue weighted by atomic mass is 19.3. The van der Waals surface area contributed by atoms with Gasteiger partial charge in [0, 0.05) is 5.69 Å². The van der Waals surface area contributed by atoms with Crippen LogP contribution in [0.15, 0.2) is 48.5 Å². The lowest BCUT2D eigenvalue weighted by atomic mass is 10.1. The summed E-state index contributed by atoms with van der Waals surface area (Å²) in [6.45, 7) is -2.88. The lowest BCUT2D eigenvalue weighted by Crippen LogP contribution is -2.17. The van der Waals surface area contributed by atoms with Crippen molar-refractivity contribution in [1.82, 2.24) is 0 Å². The second-order valence-electron chi connectivity index (χ2n) is 4.05. The Morgan fingerprint density at radius 3 is 2.38 bits per heavy atom. The van der Waals surface area contributed by atoms with Crippen molar-refractivity contribution in [1.29, 1.82) is 0 Å². The first kappa shape index (κ1) is 14.7. The number of ether oxygens (including phenoxy) is 1. The van der Waals surface area contributed by atoms with Crippen LogP contribution in [0, 0.1) is 0 Å². The molecule has 1 amide bonds. The zero-order chi connectivity index (χ0) is 15.2. The van der Waals surface area contributed by atoms with Gasteiger partial charge in [0.25, 0.3) is 5.91 Å². The number of carbonyl (C=O) groups is 1. The maximum Gasteiger partial charge on any atom is 0.387 e. The minimum Gasteiger partial charge on any atom is -0.435 e. The van der Waals surface area contributed by atoms with Gasteiger partial charge < -0.3 is 15.5 Å². The van der Waals surface area contributed by atoms with E-state index >= 15 is 0 Å². The average Bonchev–Trinajstić information content (AvgIpc) is 2.48. The van der Waals surface area contributed by atoms with E-state index in [1.165, 1.54) is 24.3 Å². The second-order valence-corrected chi connectivity index (χ2v) is 4.05. The molecule has 0 aromatic heterocycles. The number of amides is 1. The van der Waals surface area contributed by atoms with E-state index in [1.807, 2.05) is 0 Å². The van der Waals surface area contributed by atoms with Crippen molar-refractivity contribution in [3.8, 4) is 5.75 Å². The summed E-state index contributed by atoms with van der Waals surface area (Å²) >= 11 is 0. The summed E-state index contributed by atoms with van der Waals surface area (Å²) in [6.07, 6.45) is 0. The molecule has 0 aliphatic heterocycles. The third-order valence-electron chi connectivity index (χ3n) is 2.66. The third-order valence-corrected chi connectivity index (χ3v) is 2.66. The van der Waals surface area contributed by atoms with Gasteiger partial charge in [-0.05, 0) is 36.4 Å². The summed E-state index contributed by atoms with van der Waals surface area (Å²) in [5.74, 6) is 4.98. The fourth-order valence-electron chi connectivity index (χ4n) is 1.73. The number of nitrogen functional groups attached to an aromatic ring is 1. The van der Waals surface area contributed by atoms with E-state index in [9.17, 15) is 13.6 Å². The Morgan fingerprint density at radius 1 is 1.10 bits per heavy atom. The zero-order valence-corrected chi connectivity index (χ0v) is 10.8. The van der Waals surface area contributed by atoms with Gasteiger partial charge in [0.1, 0.15) is 5.75 Å². The second kappa shape index (κ2) is 6.67. The molecule has 0 bridgehead atoms. The number of carbonyl (C=O) groups excluding carboxylic acids is 1. The molecule has 21 heavy (non-hydrogen) atoms. The summed E-state index contributed by atoms with van der Waals surface area (Å²) in [7, 11) is 0. The number of para-hydroxylation sites is 1. The largest absolute Gasteiger partial charge is 0.435 e.